The summed E-state index contributed by atoms with van der Waals surface area (Å²) in [6.45, 7) is 0. The molecular weight excluding hydrogens is 238 g/mol. The van der Waals surface area contributed by atoms with Gasteiger partial charge in [-0.25, -0.2) is 0 Å². The Hall–Kier alpha value is 3.89. The Kier molecular flexibility index (Phi) is 7.10. The quantitative estimate of drug-likeness (QED) is 0.367. The molecule has 4 aromatic rings. The molecular formula is Li3P7. The molecule has 0 N–H and O–H groups in total. The van der Waals surface area contributed by atoms with Crippen LogP contribution in [0.4, 0.5) is 0 Å². The molecule has 4 aromatic heterocycles. The van der Waals surface area contributed by atoms with E-state index < -0.39 is 0 Å². The van der Waals surface area contributed by atoms with Gasteiger partial charge in [-0.15, -0.1) is 0 Å². The van der Waals surface area contributed by atoms with Gasteiger partial charge in [-0.3, -0.25) is 0 Å². The predicted molar refractivity (Wildman–Crippen MR) is 48.4 cm³/mol. The summed E-state index contributed by atoms with van der Waals surface area (Å²) in [4.78, 5) is 0. The minimum Gasteiger partial charge on any atom is -0.457 e. The van der Waals surface area contributed by atoms with Crippen LogP contribution in [0.2, 0.25) is 0 Å². The van der Waals surface area contributed by atoms with Crippen LogP contribution in [0.15, 0.2) is 0 Å². The molecule has 10 heavy (non-hydrogen) atoms. The van der Waals surface area contributed by atoms with Gasteiger partial charge in [-0.05, 0) is 0 Å². The SMILES string of the molecule is [Li+].[Li+].[Li+].[p-]1p2[p-]p3p1p3[p-]2. The zero-order valence-corrected chi connectivity index (χ0v) is 12.4. The van der Waals surface area contributed by atoms with E-state index in [9.17, 15) is 0 Å². The van der Waals surface area contributed by atoms with Crippen LogP contribution in [0.25, 0.3) is 0 Å². The standard InChI is InChI=1S/3Li.P7/c;;;1-4-2-6-5(1)7(6)3-4/q3*+1;-3. The molecule has 0 saturated carbocycles. The molecule has 0 atom stereocenters. The monoisotopic (exact) mass is 238 g/mol. The van der Waals surface area contributed by atoms with Crippen molar-refractivity contribution >= 4 is 48.1 Å². The summed E-state index contributed by atoms with van der Waals surface area (Å²) in [5.41, 5.74) is 0. The second kappa shape index (κ2) is 5.11. The second-order valence-corrected chi connectivity index (χ2v) is 36.2. The molecule has 0 aliphatic rings. The number of hydrogen-bond donors (Lipinski definition) is 0. The van der Waals surface area contributed by atoms with Gasteiger partial charge in [0.2, 0.25) is 0 Å². The molecule has 0 aliphatic heterocycles. The zero-order chi connectivity index (χ0) is 4.43. The molecule has 0 amide bonds. The molecule has 4 bridgehead atoms. The first-order valence-corrected chi connectivity index (χ1v) is 16.2. The molecule has 0 fully saturated rings. The van der Waals surface area contributed by atoms with Gasteiger partial charge in [0, 0.05) is 0 Å². The van der Waals surface area contributed by atoms with Gasteiger partial charge in [0.1, 0.15) is 0 Å². The van der Waals surface area contributed by atoms with Gasteiger partial charge in [-0.1, -0.05) is 0 Å². The fraction of sp³-hybridized carbons (Fsp3) is 0. The molecule has 0 aliphatic carbocycles. The minimum absolute atomic E-state index is 0. The van der Waals surface area contributed by atoms with E-state index in [1.165, 1.54) is 0 Å². The first kappa shape index (κ1) is 13.9. The van der Waals surface area contributed by atoms with Gasteiger partial charge in [0.25, 0.3) is 0 Å². The summed E-state index contributed by atoms with van der Waals surface area (Å²) in [7, 11) is 6.00. The fourth-order valence-electron chi connectivity index (χ4n) is 0.590. The Morgan fingerprint density at radius 1 is 0.600 bits per heavy atom. The van der Waals surface area contributed by atoms with Crippen LogP contribution < -0.4 is 56.6 Å². The average Bonchev–Trinajstić information content (AvgIpc) is 2.10. The van der Waals surface area contributed by atoms with Crippen molar-refractivity contribution in [2.24, 2.45) is 0 Å². The van der Waals surface area contributed by atoms with Gasteiger partial charge < -0.3 is 48.1 Å². The molecule has 0 unspecified atom stereocenters. The van der Waals surface area contributed by atoms with Gasteiger partial charge in [0.15, 0.2) is 0 Å². The number of rotatable bonds is 0. The average molecular weight is 238 g/mol. The van der Waals surface area contributed by atoms with E-state index in [0.29, 0.717) is 6.37 Å². The Morgan fingerprint density at radius 2 is 0.900 bits per heavy atom. The largest absolute Gasteiger partial charge is 1.00 e. The van der Waals surface area contributed by atoms with E-state index in [-0.39, 0.29) is 56.6 Å². The second-order valence-electron chi connectivity index (χ2n) is 1.34. The van der Waals surface area contributed by atoms with Crippen LogP contribution in [-0.4, -0.2) is 0 Å². The molecule has 38 valence electrons. The van der Waals surface area contributed by atoms with Gasteiger partial charge >= 0.3 is 56.6 Å². The van der Waals surface area contributed by atoms with Crippen molar-refractivity contribution in [1.82, 2.24) is 0 Å². The Morgan fingerprint density at radius 3 is 1.00 bits per heavy atom. The molecule has 10 heteroatoms. The van der Waals surface area contributed by atoms with Crippen molar-refractivity contribution in [3.05, 3.63) is 0 Å². The van der Waals surface area contributed by atoms with Crippen LogP contribution in [0, 0.1) is 0 Å². The van der Waals surface area contributed by atoms with Crippen molar-refractivity contribution in [2.75, 3.05) is 0 Å². The molecule has 4 heterocycles. The predicted octanol–water partition coefficient (Wildman–Crippen LogP) is -2.96. The molecule has 4 rings (SSSR count). The first-order chi connectivity index (χ1) is 3.45. The Bertz CT molecular complexity index is 287. The summed E-state index contributed by atoms with van der Waals surface area (Å²) >= 11 is 0. The summed E-state index contributed by atoms with van der Waals surface area (Å²) in [5, 5.41) is 0. The third-order valence-corrected chi connectivity index (χ3v) is 70.5. The van der Waals surface area contributed by atoms with E-state index in [0.717, 1.165) is 19.1 Å². The third kappa shape index (κ3) is 2.10. The Labute approximate surface area is 103 Å². The van der Waals surface area contributed by atoms with Crippen molar-refractivity contribution in [2.45, 2.75) is 0 Å². The molecule has 0 aromatic carbocycles. The third-order valence-electron chi connectivity index (χ3n) is 0.929. The van der Waals surface area contributed by atoms with Crippen LogP contribution in [0.5, 0.6) is 0 Å². The van der Waals surface area contributed by atoms with E-state index in [1.807, 2.05) is 22.6 Å². The first-order valence-electron chi connectivity index (χ1n) is 1.80. The molecule has 0 radical (unpaired) electrons. The van der Waals surface area contributed by atoms with Crippen LogP contribution in [-0.2, 0) is 0 Å². The molecule has 0 saturated heterocycles. The topological polar surface area (TPSA) is 0 Å². The molecule has 0 spiro atoms. The maximum atomic E-state index is 2.00. The van der Waals surface area contributed by atoms with E-state index in [2.05, 4.69) is 0 Å². The minimum atomic E-state index is 0. The van der Waals surface area contributed by atoms with Gasteiger partial charge in [0.05, 0.1) is 0 Å². The van der Waals surface area contributed by atoms with E-state index in [1.54, 1.807) is 0 Å². The maximum Gasteiger partial charge on any atom is 1.00 e. The maximum absolute atomic E-state index is 2.00. The van der Waals surface area contributed by atoms with Crippen molar-refractivity contribution in [1.29, 1.82) is 0 Å². The van der Waals surface area contributed by atoms with E-state index >= 15 is 0 Å². The Balaban J connectivity index is 0.000000270. The van der Waals surface area contributed by atoms with Crippen LogP contribution in [0.3, 0.4) is 0 Å². The molecule has 0 nitrogen and oxygen atoms in total. The summed E-state index contributed by atoms with van der Waals surface area (Å²) in [6, 6.07) is 0. The van der Waals surface area contributed by atoms with E-state index in [4.69, 9.17) is 0 Å². The van der Waals surface area contributed by atoms with Crippen molar-refractivity contribution in [3.8, 4) is 0 Å². The summed E-state index contributed by atoms with van der Waals surface area (Å²) < 4.78 is 0. The smallest absolute Gasteiger partial charge is 0.457 e. The van der Waals surface area contributed by atoms with Crippen LogP contribution >= 0.6 is 48.1 Å². The summed E-state index contributed by atoms with van der Waals surface area (Å²) in [5.74, 6) is 0. The van der Waals surface area contributed by atoms with Crippen molar-refractivity contribution < 1.29 is 56.6 Å². The number of hydrogen-bond acceptors (Lipinski definition) is 0. The van der Waals surface area contributed by atoms with Crippen LogP contribution in [0.1, 0.15) is 0 Å². The van der Waals surface area contributed by atoms with Gasteiger partial charge in [-0.2, -0.15) is 0 Å². The fourth-order valence-corrected chi connectivity index (χ4v) is 143. The zero-order valence-electron chi connectivity index (χ0n) is 6.13. The van der Waals surface area contributed by atoms with Crippen molar-refractivity contribution in [3.63, 3.8) is 0 Å². The summed E-state index contributed by atoms with van der Waals surface area (Å²) in [6.07, 6.45) is 3.13. The normalized spacial score (nSPS) is 19.2.